The molecule has 0 saturated heterocycles. The zero-order chi connectivity index (χ0) is 30.8. The largest absolute Gasteiger partial charge is 0.478 e. The maximum absolute atomic E-state index is 13.0. The van der Waals surface area contributed by atoms with Gasteiger partial charge in [-0.3, -0.25) is 13.9 Å². The SMILES string of the molecule is O=C(O)c1ccc(C(=O)O)c(C(=O)c2ccc(Oc3ccc(Oc4ccc(S(=O)(=O)O)cc4)c(S(=O)(=O)O)c3)cc2)c1. The van der Waals surface area contributed by atoms with Crippen LogP contribution in [0.25, 0.3) is 0 Å². The van der Waals surface area contributed by atoms with Crippen LogP contribution in [-0.2, 0) is 20.2 Å². The second-order valence-electron chi connectivity index (χ2n) is 8.46. The molecular formula is C27H18O13S2. The molecule has 216 valence electrons. The van der Waals surface area contributed by atoms with Gasteiger partial charge in [0, 0.05) is 17.2 Å². The van der Waals surface area contributed by atoms with Gasteiger partial charge in [0.05, 0.1) is 16.0 Å². The van der Waals surface area contributed by atoms with Crippen molar-refractivity contribution in [1.29, 1.82) is 0 Å². The second-order valence-corrected chi connectivity index (χ2v) is 11.3. The second kappa shape index (κ2) is 11.4. The van der Waals surface area contributed by atoms with Crippen molar-refractivity contribution in [3.8, 4) is 23.0 Å². The highest BCUT2D eigenvalue weighted by Crippen LogP contribution is 2.34. The number of ketones is 1. The van der Waals surface area contributed by atoms with Crippen molar-refractivity contribution in [2.45, 2.75) is 9.79 Å². The van der Waals surface area contributed by atoms with Gasteiger partial charge in [-0.25, -0.2) is 9.59 Å². The summed E-state index contributed by atoms with van der Waals surface area (Å²) in [5.41, 5.74) is -0.993. The molecule has 15 heteroatoms. The van der Waals surface area contributed by atoms with E-state index in [2.05, 4.69) is 0 Å². The summed E-state index contributed by atoms with van der Waals surface area (Å²) in [5, 5.41) is 18.6. The quantitative estimate of drug-likeness (QED) is 0.144. The molecule has 4 aromatic carbocycles. The third-order valence-corrected chi connectivity index (χ3v) is 7.38. The van der Waals surface area contributed by atoms with E-state index in [1.807, 2.05) is 0 Å². The lowest BCUT2D eigenvalue weighted by Gasteiger charge is -2.13. The number of rotatable bonds is 10. The van der Waals surface area contributed by atoms with Gasteiger partial charge < -0.3 is 19.7 Å². The monoisotopic (exact) mass is 614 g/mol. The molecule has 0 amide bonds. The van der Waals surface area contributed by atoms with Crippen LogP contribution < -0.4 is 9.47 Å². The Morgan fingerprint density at radius 1 is 0.548 bits per heavy atom. The molecule has 0 atom stereocenters. The topological polar surface area (TPSA) is 219 Å². The normalized spacial score (nSPS) is 11.5. The molecule has 0 unspecified atom stereocenters. The standard InChI is InChI=1S/C27H18O13S2/c28-25(22-13-16(26(29)30)3-11-21(22)27(31)32)15-1-4-17(5-2-15)39-19-8-12-23(24(14-19)42(36,37)38)40-18-6-9-20(10-7-18)41(33,34)35/h1-14H,(H,29,30)(H,31,32)(H,33,34,35)(H,36,37,38). The summed E-state index contributed by atoms with van der Waals surface area (Å²) in [6.07, 6.45) is 0. The Morgan fingerprint density at radius 3 is 1.64 bits per heavy atom. The van der Waals surface area contributed by atoms with Crippen LogP contribution in [0.1, 0.15) is 36.6 Å². The Labute approximate surface area is 237 Å². The predicted octanol–water partition coefficient (Wildman–Crippen LogP) is 4.39. The van der Waals surface area contributed by atoms with Crippen molar-refractivity contribution < 1.29 is 60.0 Å². The number of hydrogen-bond acceptors (Lipinski definition) is 9. The fourth-order valence-electron chi connectivity index (χ4n) is 3.66. The summed E-state index contributed by atoms with van der Waals surface area (Å²) >= 11 is 0. The maximum Gasteiger partial charge on any atom is 0.336 e. The lowest BCUT2D eigenvalue weighted by molar-refractivity contribution is 0.0679. The number of carboxylic acid groups (broad SMARTS) is 2. The van der Waals surface area contributed by atoms with E-state index in [4.69, 9.17) is 14.0 Å². The van der Waals surface area contributed by atoms with E-state index in [-0.39, 0.29) is 45.3 Å². The number of ether oxygens (including phenoxy) is 2. The molecule has 4 rings (SSSR count). The van der Waals surface area contributed by atoms with Gasteiger partial charge in [-0.2, -0.15) is 16.8 Å². The van der Waals surface area contributed by atoms with Crippen molar-refractivity contribution in [2.75, 3.05) is 0 Å². The van der Waals surface area contributed by atoms with E-state index in [9.17, 15) is 46.0 Å². The molecule has 4 aromatic rings. The van der Waals surface area contributed by atoms with Crippen LogP contribution in [0.2, 0.25) is 0 Å². The maximum atomic E-state index is 13.0. The van der Waals surface area contributed by atoms with Gasteiger partial charge in [0.1, 0.15) is 27.9 Å². The highest BCUT2D eigenvalue weighted by molar-refractivity contribution is 7.86. The van der Waals surface area contributed by atoms with Crippen LogP contribution in [0.3, 0.4) is 0 Å². The van der Waals surface area contributed by atoms with E-state index in [0.717, 1.165) is 54.6 Å². The Hall–Kier alpha value is -5.09. The fraction of sp³-hybridized carbons (Fsp3) is 0. The van der Waals surface area contributed by atoms with Crippen LogP contribution in [-0.4, -0.2) is 53.9 Å². The van der Waals surface area contributed by atoms with Gasteiger partial charge >= 0.3 is 11.9 Å². The molecule has 0 saturated carbocycles. The van der Waals surface area contributed by atoms with Gasteiger partial charge in [0.15, 0.2) is 5.78 Å². The summed E-state index contributed by atoms with van der Waals surface area (Å²) in [6.45, 7) is 0. The Balaban J connectivity index is 1.58. The third kappa shape index (κ3) is 6.79. The van der Waals surface area contributed by atoms with E-state index in [1.54, 1.807) is 0 Å². The number of carboxylic acids is 2. The third-order valence-electron chi connectivity index (χ3n) is 5.64. The molecule has 0 radical (unpaired) electrons. The van der Waals surface area contributed by atoms with E-state index in [1.165, 1.54) is 30.3 Å². The first kappa shape index (κ1) is 29.9. The van der Waals surface area contributed by atoms with Crippen molar-refractivity contribution >= 4 is 38.0 Å². The zero-order valence-electron chi connectivity index (χ0n) is 20.9. The number of carbonyl (C=O) groups is 3. The highest BCUT2D eigenvalue weighted by Gasteiger charge is 2.22. The van der Waals surface area contributed by atoms with Gasteiger partial charge in [-0.15, -0.1) is 0 Å². The molecule has 0 bridgehead atoms. The average molecular weight is 615 g/mol. The number of carbonyl (C=O) groups excluding carboxylic acids is 1. The van der Waals surface area contributed by atoms with Crippen molar-refractivity contribution in [2.24, 2.45) is 0 Å². The predicted molar refractivity (Wildman–Crippen MR) is 143 cm³/mol. The van der Waals surface area contributed by atoms with Crippen LogP contribution in [0, 0.1) is 0 Å². The zero-order valence-corrected chi connectivity index (χ0v) is 22.5. The lowest BCUT2D eigenvalue weighted by atomic mass is 9.96. The molecule has 13 nitrogen and oxygen atoms in total. The molecule has 42 heavy (non-hydrogen) atoms. The smallest absolute Gasteiger partial charge is 0.336 e. The molecule has 0 aliphatic heterocycles. The van der Waals surface area contributed by atoms with Crippen molar-refractivity contribution in [1.82, 2.24) is 0 Å². The summed E-state index contributed by atoms with van der Waals surface area (Å²) in [6, 6.07) is 16.0. The number of benzene rings is 4. The van der Waals surface area contributed by atoms with Crippen molar-refractivity contribution in [3.63, 3.8) is 0 Å². The molecule has 4 N–H and O–H groups in total. The first-order chi connectivity index (χ1) is 19.6. The number of aromatic carboxylic acids is 2. The van der Waals surface area contributed by atoms with Crippen LogP contribution in [0.15, 0.2) is 94.7 Å². The van der Waals surface area contributed by atoms with Crippen molar-refractivity contribution in [3.05, 3.63) is 107 Å². The molecule has 0 heterocycles. The summed E-state index contributed by atoms with van der Waals surface area (Å²) < 4.78 is 76.3. The summed E-state index contributed by atoms with van der Waals surface area (Å²) in [4.78, 5) is 34.7. The molecule has 0 aliphatic rings. The summed E-state index contributed by atoms with van der Waals surface area (Å²) in [7, 11) is -9.31. The average Bonchev–Trinajstić information content (AvgIpc) is 2.92. The minimum absolute atomic E-state index is 0.00905. The molecule has 0 aliphatic carbocycles. The van der Waals surface area contributed by atoms with Gasteiger partial charge in [0.25, 0.3) is 20.2 Å². The molecule has 0 aromatic heterocycles. The minimum atomic E-state index is -4.84. The van der Waals surface area contributed by atoms with E-state index < -0.39 is 47.7 Å². The van der Waals surface area contributed by atoms with E-state index in [0.29, 0.717) is 0 Å². The molecule has 0 spiro atoms. The highest BCUT2D eigenvalue weighted by atomic mass is 32.2. The Bertz CT molecular complexity index is 1930. The van der Waals surface area contributed by atoms with Crippen LogP contribution >= 0.6 is 0 Å². The Morgan fingerprint density at radius 2 is 1.10 bits per heavy atom. The van der Waals surface area contributed by atoms with Gasteiger partial charge in [-0.05, 0) is 78.9 Å². The minimum Gasteiger partial charge on any atom is -0.478 e. The Kier molecular flexibility index (Phi) is 8.12. The summed E-state index contributed by atoms with van der Waals surface area (Å²) in [5.74, 6) is -3.84. The van der Waals surface area contributed by atoms with E-state index >= 15 is 0 Å². The molecular weight excluding hydrogens is 596 g/mol. The first-order valence-electron chi connectivity index (χ1n) is 11.4. The lowest BCUT2D eigenvalue weighted by Crippen LogP contribution is -2.11. The van der Waals surface area contributed by atoms with Crippen LogP contribution in [0.5, 0.6) is 23.0 Å². The number of hydrogen-bond donors (Lipinski definition) is 4. The first-order valence-corrected chi connectivity index (χ1v) is 14.3. The van der Waals surface area contributed by atoms with Gasteiger partial charge in [0.2, 0.25) is 0 Å². The van der Waals surface area contributed by atoms with Crippen LogP contribution in [0.4, 0.5) is 0 Å². The fourth-order valence-corrected chi connectivity index (χ4v) is 4.77. The molecule has 0 fully saturated rings. The van der Waals surface area contributed by atoms with Gasteiger partial charge in [-0.1, -0.05) is 0 Å².